The minimum atomic E-state index is -0.0363. The first-order valence-corrected chi connectivity index (χ1v) is 7.39. The van der Waals surface area contributed by atoms with Crippen LogP contribution in [0.15, 0.2) is 18.2 Å². The topological polar surface area (TPSA) is 59.6 Å². The fourth-order valence-corrected chi connectivity index (χ4v) is 1.82. The SMILES string of the molecule is CCOc1cccc(CNC(C)C)c1OCCC(=O)NC. The molecule has 0 radical (unpaired) electrons. The lowest BCUT2D eigenvalue weighted by Crippen LogP contribution is -2.23. The molecule has 118 valence electrons. The molecule has 21 heavy (non-hydrogen) atoms. The molecule has 1 aromatic carbocycles. The van der Waals surface area contributed by atoms with E-state index < -0.39 is 0 Å². The Balaban J connectivity index is 2.80. The van der Waals surface area contributed by atoms with Gasteiger partial charge >= 0.3 is 0 Å². The van der Waals surface area contributed by atoms with E-state index in [1.165, 1.54) is 0 Å². The van der Waals surface area contributed by atoms with E-state index in [4.69, 9.17) is 9.47 Å². The van der Waals surface area contributed by atoms with Crippen LogP contribution >= 0.6 is 0 Å². The van der Waals surface area contributed by atoms with Crippen molar-refractivity contribution in [1.29, 1.82) is 0 Å². The highest BCUT2D eigenvalue weighted by Crippen LogP contribution is 2.31. The van der Waals surface area contributed by atoms with E-state index in [1.54, 1.807) is 7.05 Å². The first-order valence-electron chi connectivity index (χ1n) is 7.39. The third kappa shape index (κ3) is 6.04. The van der Waals surface area contributed by atoms with Crippen LogP contribution in [0, 0.1) is 0 Å². The van der Waals surface area contributed by atoms with Crippen molar-refractivity contribution in [3.63, 3.8) is 0 Å². The molecular formula is C16H26N2O3. The van der Waals surface area contributed by atoms with Gasteiger partial charge in [-0.1, -0.05) is 26.0 Å². The van der Waals surface area contributed by atoms with Crippen LogP contribution in [0.2, 0.25) is 0 Å². The second-order valence-corrected chi connectivity index (χ2v) is 4.98. The van der Waals surface area contributed by atoms with Gasteiger partial charge in [0.1, 0.15) is 0 Å². The van der Waals surface area contributed by atoms with Gasteiger partial charge in [-0.2, -0.15) is 0 Å². The summed E-state index contributed by atoms with van der Waals surface area (Å²) in [7, 11) is 1.62. The summed E-state index contributed by atoms with van der Waals surface area (Å²) in [5.74, 6) is 1.40. The fourth-order valence-electron chi connectivity index (χ4n) is 1.82. The molecule has 0 heterocycles. The maximum absolute atomic E-state index is 11.3. The van der Waals surface area contributed by atoms with Gasteiger partial charge in [0.25, 0.3) is 0 Å². The molecule has 0 fully saturated rings. The van der Waals surface area contributed by atoms with Crippen LogP contribution < -0.4 is 20.1 Å². The summed E-state index contributed by atoms with van der Waals surface area (Å²) >= 11 is 0. The molecule has 0 saturated heterocycles. The molecular weight excluding hydrogens is 268 g/mol. The maximum Gasteiger partial charge on any atom is 0.223 e. The standard InChI is InChI=1S/C16H26N2O3/c1-5-20-14-8-6-7-13(11-18-12(2)3)16(14)21-10-9-15(19)17-4/h6-8,12,18H,5,9-11H2,1-4H3,(H,17,19). The average molecular weight is 294 g/mol. The van der Waals surface area contributed by atoms with Crippen LogP contribution in [0.1, 0.15) is 32.8 Å². The third-order valence-electron chi connectivity index (χ3n) is 2.92. The first kappa shape index (κ1) is 17.3. The summed E-state index contributed by atoms with van der Waals surface area (Å²) < 4.78 is 11.4. The van der Waals surface area contributed by atoms with E-state index in [-0.39, 0.29) is 5.91 Å². The van der Waals surface area contributed by atoms with Gasteiger partial charge in [0, 0.05) is 25.2 Å². The molecule has 0 aromatic heterocycles. The van der Waals surface area contributed by atoms with Crippen molar-refractivity contribution in [3.8, 4) is 11.5 Å². The van der Waals surface area contributed by atoms with Crippen LogP contribution in [0.4, 0.5) is 0 Å². The van der Waals surface area contributed by atoms with Crippen molar-refractivity contribution < 1.29 is 14.3 Å². The average Bonchev–Trinajstić information content (AvgIpc) is 2.47. The maximum atomic E-state index is 11.3. The molecule has 1 amide bonds. The van der Waals surface area contributed by atoms with E-state index in [0.29, 0.717) is 32.2 Å². The van der Waals surface area contributed by atoms with E-state index in [2.05, 4.69) is 24.5 Å². The van der Waals surface area contributed by atoms with Crippen LogP contribution in [0.25, 0.3) is 0 Å². The molecule has 0 spiro atoms. The van der Waals surface area contributed by atoms with Crippen molar-refractivity contribution in [2.24, 2.45) is 0 Å². The van der Waals surface area contributed by atoms with Crippen molar-refractivity contribution in [3.05, 3.63) is 23.8 Å². The van der Waals surface area contributed by atoms with Crippen molar-refractivity contribution in [2.45, 2.75) is 39.8 Å². The quantitative estimate of drug-likeness (QED) is 0.732. The number of amides is 1. The summed E-state index contributed by atoms with van der Waals surface area (Å²) in [6.07, 6.45) is 0.327. The Morgan fingerprint density at radius 1 is 1.29 bits per heavy atom. The monoisotopic (exact) mass is 294 g/mol. The van der Waals surface area contributed by atoms with Gasteiger partial charge < -0.3 is 20.1 Å². The number of nitrogens with one attached hydrogen (secondary N) is 2. The van der Waals surface area contributed by atoms with Crippen molar-refractivity contribution >= 4 is 5.91 Å². The Labute approximate surface area is 127 Å². The number of para-hydroxylation sites is 1. The highest BCUT2D eigenvalue weighted by atomic mass is 16.5. The van der Waals surface area contributed by atoms with Crippen LogP contribution in [0.3, 0.4) is 0 Å². The molecule has 5 nitrogen and oxygen atoms in total. The summed E-state index contributed by atoms with van der Waals surface area (Å²) in [6.45, 7) is 7.74. The van der Waals surface area contributed by atoms with Gasteiger partial charge in [-0.25, -0.2) is 0 Å². The Morgan fingerprint density at radius 2 is 2.05 bits per heavy atom. The van der Waals surface area contributed by atoms with Gasteiger partial charge in [-0.15, -0.1) is 0 Å². The van der Waals surface area contributed by atoms with E-state index in [1.807, 2.05) is 25.1 Å². The molecule has 0 bridgehead atoms. The zero-order valence-corrected chi connectivity index (χ0v) is 13.4. The molecule has 0 aliphatic carbocycles. The summed E-state index contributed by atoms with van der Waals surface area (Å²) in [5, 5.41) is 5.95. The first-order chi connectivity index (χ1) is 10.1. The summed E-state index contributed by atoms with van der Waals surface area (Å²) in [6, 6.07) is 6.23. The number of carbonyl (C=O) groups is 1. The van der Waals surface area contributed by atoms with Crippen LogP contribution in [0.5, 0.6) is 11.5 Å². The number of benzene rings is 1. The lowest BCUT2D eigenvalue weighted by Gasteiger charge is -2.17. The summed E-state index contributed by atoms with van der Waals surface area (Å²) in [5.41, 5.74) is 1.03. The van der Waals surface area contributed by atoms with Gasteiger partial charge in [0.05, 0.1) is 19.6 Å². The minimum absolute atomic E-state index is 0.0363. The Bertz CT molecular complexity index is 447. The number of carbonyl (C=O) groups excluding carboxylic acids is 1. The van der Waals surface area contributed by atoms with Gasteiger partial charge in [0.2, 0.25) is 5.91 Å². The molecule has 1 rings (SSSR count). The smallest absolute Gasteiger partial charge is 0.223 e. The normalized spacial score (nSPS) is 10.5. The molecule has 5 heteroatoms. The number of hydrogen-bond donors (Lipinski definition) is 2. The third-order valence-corrected chi connectivity index (χ3v) is 2.92. The zero-order chi connectivity index (χ0) is 15.7. The van der Waals surface area contributed by atoms with Gasteiger partial charge in [-0.05, 0) is 13.0 Å². The predicted octanol–water partition coefficient (Wildman–Crippen LogP) is 2.10. The van der Waals surface area contributed by atoms with E-state index in [0.717, 1.165) is 17.1 Å². The van der Waals surface area contributed by atoms with Gasteiger partial charge in [-0.3, -0.25) is 4.79 Å². The Kier molecular flexibility index (Phi) is 7.61. The number of rotatable bonds is 9. The molecule has 0 atom stereocenters. The van der Waals surface area contributed by atoms with Crippen LogP contribution in [-0.2, 0) is 11.3 Å². The largest absolute Gasteiger partial charge is 0.490 e. The van der Waals surface area contributed by atoms with Crippen molar-refractivity contribution in [1.82, 2.24) is 10.6 Å². The molecule has 1 aromatic rings. The molecule has 0 saturated carbocycles. The second-order valence-electron chi connectivity index (χ2n) is 4.98. The lowest BCUT2D eigenvalue weighted by atomic mass is 10.1. The molecule has 0 aliphatic heterocycles. The van der Waals surface area contributed by atoms with Crippen molar-refractivity contribution in [2.75, 3.05) is 20.3 Å². The highest BCUT2D eigenvalue weighted by molar-refractivity contribution is 5.75. The minimum Gasteiger partial charge on any atom is -0.490 e. The zero-order valence-electron chi connectivity index (χ0n) is 13.4. The number of hydrogen-bond acceptors (Lipinski definition) is 4. The molecule has 0 unspecified atom stereocenters. The Hall–Kier alpha value is -1.75. The molecule has 0 aliphatic rings. The summed E-state index contributed by atoms with van der Waals surface area (Å²) in [4.78, 5) is 11.3. The predicted molar refractivity (Wildman–Crippen MR) is 83.8 cm³/mol. The van der Waals surface area contributed by atoms with E-state index in [9.17, 15) is 4.79 Å². The Morgan fingerprint density at radius 3 is 2.67 bits per heavy atom. The highest BCUT2D eigenvalue weighted by Gasteiger charge is 2.12. The lowest BCUT2D eigenvalue weighted by molar-refractivity contribution is -0.121. The fraction of sp³-hybridized carbons (Fsp3) is 0.562. The van der Waals surface area contributed by atoms with Gasteiger partial charge in [0.15, 0.2) is 11.5 Å². The number of ether oxygens (including phenoxy) is 2. The molecule has 2 N–H and O–H groups in total. The van der Waals surface area contributed by atoms with E-state index >= 15 is 0 Å². The second kappa shape index (κ2) is 9.23. The van der Waals surface area contributed by atoms with Crippen LogP contribution in [-0.4, -0.2) is 32.2 Å².